The molecule has 2 rings (SSSR count). The Balaban J connectivity index is 0.00000180. The Morgan fingerprint density at radius 2 is 2.26 bits per heavy atom. The van der Waals surface area contributed by atoms with E-state index >= 15 is 0 Å². The van der Waals surface area contributed by atoms with Gasteiger partial charge in [0.05, 0.1) is 0 Å². The van der Waals surface area contributed by atoms with Crippen molar-refractivity contribution < 1.29 is 4.39 Å². The van der Waals surface area contributed by atoms with Gasteiger partial charge in [-0.2, -0.15) is 0 Å². The van der Waals surface area contributed by atoms with Crippen LogP contribution < -0.4 is 5.32 Å². The third-order valence-electron chi connectivity index (χ3n) is 3.48. The molecule has 0 bridgehead atoms. The van der Waals surface area contributed by atoms with E-state index in [0.717, 1.165) is 32.5 Å². The molecule has 1 saturated heterocycles. The zero-order valence-electron chi connectivity index (χ0n) is 11.2. The fourth-order valence-electron chi connectivity index (χ4n) is 2.52. The normalized spacial score (nSPS) is 18.6. The van der Waals surface area contributed by atoms with Crippen LogP contribution in [0.3, 0.4) is 0 Å². The first-order valence-electron chi connectivity index (χ1n) is 6.60. The van der Waals surface area contributed by atoms with Gasteiger partial charge in [-0.25, -0.2) is 4.39 Å². The highest BCUT2D eigenvalue weighted by Crippen LogP contribution is 2.23. The van der Waals surface area contributed by atoms with Gasteiger partial charge in [0, 0.05) is 29.7 Å². The van der Waals surface area contributed by atoms with E-state index in [2.05, 4.69) is 17.1 Å². The smallest absolute Gasteiger partial charge is 0.129 e. The Bertz CT molecular complexity index is 375. The Labute approximate surface area is 125 Å². The number of rotatable bonds is 5. The Kier molecular flexibility index (Phi) is 7.08. The van der Waals surface area contributed by atoms with Crippen LogP contribution in [0.25, 0.3) is 0 Å². The Hall–Kier alpha value is -0.350. The quantitative estimate of drug-likeness (QED) is 0.896. The van der Waals surface area contributed by atoms with Crippen LogP contribution in [0.15, 0.2) is 18.2 Å². The van der Waals surface area contributed by atoms with Gasteiger partial charge in [-0.15, -0.1) is 12.4 Å². The standard InChI is InChI=1S/C14H20ClFN2.ClH/c1-2-8-18(11-6-7-17-9-11)10-12-13(15)4-3-5-14(12)16;/h3-5,11,17H,2,6-10H2,1H3;1H. The third-order valence-corrected chi connectivity index (χ3v) is 3.84. The van der Waals surface area contributed by atoms with Gasteiger partial charge < -0.3 is 5.32 Å². The molecule has 0 saturated carbocycles. The number of hydrogen-bond donors (Lipinski definition) is 1. The lowest BCUT2D eigenvalue weighted by atomic mass is 10.1. The van der Waals surface area contributed by atoms with E-state index in [1.807, 2.05) is 0 Å². The maximum atomic E-state index is 13.8. The monoisotopic (exact) mass is 306 g/mol. The number of nitrogens with one attached hydrogen (secondary N) is 1. The molecular formula is C14H21Cl2FN2. The molecule has 2 nitrogen and oxygen atoms in total. The van der Waals surface area contributed by atoms with Gasteiger partial charge in [-0.3, -0.25) is 4.90 Å². The molecule has 1 N–H and O–H groups in total. The number of benzene rings is 1. The zero-order chi connectivity index (χ0) is 13.0. The first-order valence-corrected chi connectivity index (χ1v) is 6.97. The molecule has 0 amide bonds. The highest BCUT2D eigenvalue weighted by Gasteiger charge is 2.23. The minimum atomic E-state index is -0.199. The van der Waals surface area contributed by atoms with Crippen LogP contribution in [0.2, 0.25) is 5.02 Å². The molecule has 19 heavy (non-hydrogen) atoms. The first kappa shape index (κ1) is 16.7. The third kappa shape index (κ3) is 4.32. The molecule has 0 radical (unpaired) electrons. The van der Waals surface area contributed by atoms with Gasteiger partial charge in [-0.1, -0.05) is 24.6 Å². The van der Waals surface area contributed by atoms with Crippen LogP contribution in [0.1, 0.15) is 25.3 Å². The molecule has 1 unspecified atom stereocenters. The molecule has 108 valence electrons. The molecule has 1 atom stereocenters. The van der Waals surface area contributed by atoms with Crippen LogP contribution in [-0.4, -0.2) is 30.6 Å². The highest BCUT2D eigenvalue weighted by molar-refractivity contribution is 6.31. The molecular weight excluding hydrogens is 286 g/mol. The number of halogens is 3. The zero-order valence-corrected chi connectivity index (χ0v) is 12.7. The minimum absolute atomic E-state index is 0. The lowest BCUT2D eigenvalue weighted by molar-refractivity contribution is 0.197. The summed E-state index contributed by atoms with van der Waals surface area (Å²) in [5, 5.41) is 3.89. The molecule has 1 aromatic carbocycles. The molecule has 1 aromatic rings. The summed E-state index contributed by atoms with van der Waals surface area (Å²) in [6.07, 6.45) is 2.20. The number of nitrogens with zero attached hydrogens (tertiary/aromatic N) is 1. The first-order chi connectivity index (χ1) is 8.72. The molecule has 1 aliphatic rings. The summed E-state index contributed by atoms with van der Waals surface area (Å²) in [6, 6.07) is 5.40. The summed E-state index contributed by atoms with van der Waals surface area (Å²) in [7, 11) is 0. The molecule has 0 spiro atoms. The van der Waals surface area contributed by atoms with Crippen LogP contribution in [-0.2, 0) is 6.54 Å². The predicted molar refractivity (Wildman–Crippen MR) is 80.6 cm³/mol. The van der Waals surface area contributed by atoms with Crippen molar-refractivity contribution in [1.29, 1.82) is 0 Å². The average molecular weight is 307 g/mol. The van der Waals surface area contributed by atoms with E-state index in [0.29, 0.717) is 23.2 Å². The lowest BCUT2D eigenvalue weighted by Crippen LogP contribution is -2.37. The van der Waals surface area contributed by atoms with Crippen molar-refractivity contribution in [2.45, 2.75) is 32.4 Å². The van der Waals surface area contributed by atoms with Crippen molar-refractivity contribution in [3.05, 3.63) is 34.6 Å². The predicted octanol–water partition coefficient (Wildman–Crippen LogP) is 3.47. The molecule has 0 aromatic heterocycles. The van der Waals surface area contributed by atoms with Gasteiger partial charge in [0.15, 0.2) is 0 Å². The highest BCUT2D eigenvalue weighted by atomic mass is 35.5. The largest absolute Gasteiger partial charge is 0.315 e. The van der Waals surface area contributed by atoms with Gasteiger partial charge >= 0.3 is 0 Å². The Morgan fingerprint density at radius 3 is 2.84 bits per heavy atom. The van der Waals surface area contributed by atoms with Crippen molar-refractivity contribution in [3.8, 4) is 0 Å². The van der Waals surface area contributed by atoms with Crippen LogP contribution in [0.5, 0.6) is 0 Å². The second-order valence-electron chi connectivity index (χ2n) is 4.82. The summed E-state index contributed by atoms with van der Waals surface area (Å²) in [4.78, 5) is 2.34. The fourth-order valence-corrected chi connectivity index (χ4v) is 2.74. The summed E-state index contributed by atoms with van der Waals surface area (Å²) in [5.74, 6) is -0.199. The lowest BCUT2D eigenvalue weighted by Gasteiger charge is -2.28. The van der Waals surface area contributed by atoms with E-state index in [9.17, 15) is 4.39 Å². The maximum absolute atomic E-state index is 13.8. The van der Waals surface area contributed by atoms with E-state index in [-0.39, 0.29) is 18.2 Å². The molecule has 1 aliphatic heterocycles. The fraction of sp³-hybridized carbons (Fsp3) is 0.571. The van der Waals surface area contributed by atoms with Gasteiger partial charge in [0.2, 0.25) is 0 Å². The van der Waals surface area contributed by atoms with Crippen molar-refractivity contribution in [2.75, 3.05) is 19.6 Å². The summed E-state index contributed by atoms with van der Waals surface area (Å²) in [6.45, 7) is 5.78. The van der Waals surface area contributed by atoms with Gasteiger partial charge in [-0.05, 0) is 38.1 Å². The summed E-state index contributed by atoms with van der Waals surface area (Å²) < 4.78 is 13.8. The molecule has 1 heterocycles. The summed E-state index contributed by atoms with van der Waals surface area (Å²) >= 11 is 6.10. The molecule has 1 fully saturated rings. The average Bonchev–Trinajstić information content (AvgIpc) is 2.86. The van der Waals surface area contributed by atoms with Gasteiger partial charge in [0.25, 0.3) is 0 Å². The molecule has 5 heteroatoms. The topological polar surface area (TPSA) is 15.3 Å². The van der Waals surface area contributed by atoms with E-state index in [1.54, 1.807) is 12.1 Å². The van der Waals surface area contributed by atoms with Crippen LogP contribution in [0.4, 0.5) is 4.39 Å². The summed E-state index contributed by atoms with van der Waals surface area (Å²) in [5.41, 5.74) is 0.625. The van der Waals surface area contributed by atoms with E-state index in [4.69, 9.17) is 11.6 Å². The Morgan fingerprint density at radius 1 is 1.47 bits per heavy atom. The molecule has 0 aliphatic carbocycles. The van der Waals surface area contributed by atoms with Crippen LogP contribution >= 0.6 is 24.0 Å². The van der Waals surface area contributed by atoms with Crippen LogP contribution in [0, 0.1) is 5.82 Å². The van der Waals surface area contributed by atoms with Gasteiger partial charge in [0.1, 0.15) is 5.82 Å². The van der Waals surface area contributed by atoms with Crippen molar-refractivity contribution >= 4 is 24.0 Å². The van der Waals surface area contributed by atoms with Crippen molar-refractivity contribution in [3.63, 3.8) is 0 Å². The SMILES string of the molecule is CCCN(Cc1c(F)cccc1Cl)C1CCNC1.Cl. The van der Waals surface area contributed by atoms with E-state index < -0.39 is 0 Å². The van der Waals surface area contributed by atoms with Crippen molar-refractivity contribution in [1.82, 2.24) is 10.2 Å². The second-order valence-corrected chi connectivity index (χ2v) is 5.22. The number of hydrogen-bond acceptors (Lipinski definition) is 2. The minimum Gasteiger partial charge on any atom is -0.315 e. The van der Waals surface area contributed by atoms with E-state index in [1.165, 1.54) is 6.07 Å². The maximum Gasteiger partial charge on any atom is 0.129 e. The second kappa shape index (κ2) is 8.05. The van der Waals surface area contributed by atoms with Crippen molar-refractivity contribution in [2.24, 2.45) is 0 Å².